The van der Waals surface area contributed by atoms with Crippen LogP contribution in [0.1, 0.15) is 71.6 Å². The van der Waals surface area contributed by atoms with E-state index in [0.717, 1.165) is 11.8 Å². The smallest absolute Gasteiger partial charge is 0.0383 e. The van der Waals surface area contributed by atoms with Gasteiger partial charge in [-0.25, -0.2) is 0 Å². The Morgan fingerprint density at radius 2 is 1.38 bits per heavy atom. The summed E-state index contributed by atoms with van der Waals surface area (Å²) in [5.74, 6) is 2.28. The van der Waals surface area contributed by atoms with Gasteiger partial charge >= 0.3 is 0 Å². The van der Waals surface area contributed by atoms with E-state index in [0.29, 0.717) is 0 Å². The molecule has 0 aromatic carbocycles. The van der Waals surface area contributed by atoms with Gasteiger partial charge in [0.25, 0.3) is 0 Å². The van der Waals surface area contributed by atoms with E-state index in [1.807, 2.05) is 0 Å². The van der Waals surface area contributed by atoms with Crippen LogP contribution < -0.4 is 0 Å². The summed E-state index contributed by atoms with van der Waals surface area (Å²) in [7, 11) is 0. The molecular weight excluding hydrogens is 156 g/mol. The van der Waals surface area contributed by atoms with Crippen LogP contribution in [0.3, 0.4) is 0 Å². The molecule has 0 aromatic rings. The second-order valence-electron chi connectivity index (χ2n) is 4.75. The van der Waals surface area contributed by atoms with Crippen molar-refractivity contribution >= 4 is 0 Å². The fourth-order valence-electron chi connectivity index (χ4n) is 2.32. The second-order valence-corrected chi connectivity index (χ2v) is 4.75. The Morgan fingerprint density at radius 3 is 2.00 bits per heavy atom. The van der Waals surface area contributed by atoms with Crippen molar-refractivity contribution in [3.63, 3.8) is 0 Å². The van der Waals surface area contributed by atoms with Gasteiger partial charge in [0, 0.05) is 0 Å². The van der Waals surface area contributed by atoms with E-state index in [-0.39, 0.29) is 0 Å². The van der Waals surface area contributed by atoms with E-state index in [2.05, 4.69) is 13.8 Å². The number of hydrogen-bond acceptors (Lipinski definition) is 0. The van der Waals surface area contributed by atoms with Crippen LogP contribution in [0, 0.1) is 11.8 Å². The highest BCUT2D eigenvalue weighted by Gasteiger charge is 2.34. The molecule has 0 amide bonds. The van der Waals surface area contributed by atoms with Crippen LogP contribution in [-0.4, -0.2) is 0 Å². The van der Waals surface area contributed by atoms with Gasteiger partial charge in [-0.3, -0.25) is 0 Å². The first-order valence-corrected chi connectivity index (χ1v) is 6.38. The van der Waals surface area contributed by atoms with E-state index >= 15 is 0 Å². The molecule has 0 heterocycles. The molecule has 1 aliphatic rings. The van der Waals surface area contributed by atoms with Crippen molar-refractivity contribution in [3.8, 4) is 0 Å². The maximum atomic E-state index is 2.30. The zero-order chi connectivity index (χ0) is 9.52. The maximum Gasteiger partial charge on any atom is -0.0383 e. The number of rotatable bonds is 8. The minimum atomic E-state index is 1.14. The van der Waals surface area contributed by atoms with Crippen LogP contribution >= 0.6 is 0 Å². The summed E-state index contributed by atoms with van der Waals surface area (Å²) in [6, 6.07) is 0. The molecule has 0 unspecified atom stereocenters. The zero-order valence-electron chi connectivity index (χ0n) is 9.52. The van der Waals surface area contributed by atoms with Crippen molar-refractivity contribution in [2.45, 2.75) is 71.6 Å². The summed E-state index contributed by atoms with van der Waals surface area (Å²) in [5, 5.41) is 0. The Bertz CT molecular complexity index is 117. The summed E-state index contributed by atoms with van der Waals surface area (Å²) in [6.07, 6.45) is 13.3. The fourth-order valence-corrected chi connectivity index (χ4v) is 2.32. The predicted molar refractivity (Wildman–Crippen MR) is 59.9 cm³/mol. The molecule has 78 valence electrons. The third-order valence-electron chi connectivity index (χ3n) is 3.43. The predicted octanol–water partition coefficient (Wildman–Crippen LogP) is 4.78. The number of hydrogen-bond donors (Lipinski definition) is 0. The summed E-state index contributed by atoms with van der Waals surface area (Å²) in [5.41, 5.74) is 0. The van der Waals surface area contributed by atoms with Gasteiger partial charge in [0.15, 0.2) is 0 Å². The standard InChI is InChI=1S/C13H26/c1-3-5-7-8-10-13-11-12(13)9-6-4-2/h12-13H,3-11H2,1-2H3/t12-,13+/m0/s1. The molecule has 2 atom stereocenters. The summed E-state index contributed by atoms with van der Waals surface area (Å²) >= 11 is 0. The van der Waals surface area contributed by atoms with E-state index in [1.165, 1.54) is 51.4 Å². The molecule has 0 heteroatoms. The van der Waals surface area contributed by atoms with Crippen molar-refractivity contribution in [2.75, 3.05) is 0 Å². The first-order valence-electron chi connectivity index (χ1n) is 6.38. The molecule has 0 aromatic heterocycles. The molecule has 0 saturated heterocycles. The van der Waals surface area contributed by atoms with Gasteiger partial charge in [-0.05, 0) is 18.3 Å². The minimum Gasteiger partial charge on any atom is -0.0654 e. The highest BCUT2D eigenvalue weighted by Crippen LogP contribution is 2.45. The van der Waals surface area contributed by atoms with Crippen molar-refractivity contribution in [2.24, 2.45) is 11.8 Å². The lowest BCUT2D eigenvalue weighted by molar-refractivity contribution is 0.540. The quantitative estimate of drug-likeness (QED) is 0.474. The molecular formula is C13H26. The van der Waals surface area contributed by atoms with Gasteiger partial charge in [-0.15, -0.1) is 0 Å². The molecule has 0 bridgehead atoms. The Morgan fingerprint density at radius 1 is 0.769 bits per heavy atom. The normalized spacial score (nSPS) is 26.3. The first-order chi connectivity index (χ1) is 6.38. The van der Waals surface area contributed by atoms with Crippen molar-refractivity contribution < 1.29 is 0 Å². The van der Waals surface area contributed by atoms with Crippen molar-refractivity contribution in [3.05, 3.63) is 0 Å². The molecule has 0 nitrogen and oxygen atoms in total. The Balaban J connectivity index is 1.83. The molecule has 1 saturated carbocycles. The van der Waals surface area contributed by atoms with Gasteiger partial charge in [0.1, 0.15) is 0 Å². The molecule has 0 aliphatic heterocycles. The van der Waals surface area contributed by atoms with E-state index in [4.69, 9.17) is 0 Å². The van der Waals surface area contributed by atoms with Crippen molar-refractivity contribution in [1.29, 1.82) is 0 Å². The fraction of sp³-hybridized carbons (Fsp3) is 1.00. The van der Waals surface area contributed by atoms with Crippen LogP contribution in [-0.2, 0) is 0 Å². The highest BCUT2D eigenvalue weighted by atomic mass is 14.4. The molecule has 1 rings (SSSR count). The summed E-state index contributed by atoms with van der Waals surface area (Å²) in [6.45, 7) is 4.60. The third-order valence-corrected chi connectivity index (χ3v) is 3.43. The number of unbranched alkanes of at least 4 members (excludes halogenated alkanes) is 4. The topological polar surface area (TPSA) is 0 Å². The molecule has 0 spiro atoms. The van der Waals surface area contributed by atoms with E-state index in [1.54, 1.807) is 6.42 Å². The second kappa shape index (κ2) is 6.45. The van der Waals surface area contributed by atoms with Gasteiger partial charge in [-0.2, -0.15) is 0 Å². The Hall–Kier alpha value is 0. The molecule has 0 radical (unpaired) electrons. The molecule has 1 aliphatic carbocycles. The molecule has 1 fully saturated rings. The van der Waals surface area contributed by atoms with E-state index in [9.17, 15) is 0 Å². The third kappa shape index (κ3) is 4.69. The highest BCUT2D eigenvalue weighted by molar-refractivity contribution is 4.85. The minimum absolute atomic E-state index is 1.14. The summed E-state index contributed by atoms with van der Waals surface area (Å²) in [4.78, 5) is 0. The monoisotopic (exact) mass is 182 g/mol. The van der Waals surface area contributed by atoms with Crippen LogP contribution in [0.5, 0.6) is 0 Å². The Labute approximate surface area is 84.1 Å². The van der Waals surface area contributed by atoms with Crippen LogP contribution in [0.2, 0.25) is 0 Å². The largest absolute Gasteiger partial charge is 0.0654 e. The van der Waals surface area contributed by atoms with E-state index < -0.39 is 0 Å². The zero-order valence-corrected chi connectivity index (χ0v) is 9.52. The van der Waals surface area contributed by atoms with Crippen LogP contribution in [0.4, 0.5) is 0 Å². The average Bonchev–Trinajstić information content (AvgIpc) is 2.88. The molecule has 13 heavy (non-hydrogen) atoms. The lowest BCUT2D eigenvalue weighted by atomic mass is 10.1. The summed E-state index contributed by atoms with van der Waals surface area (Å²) < 4.78 is 0. The van der Waals surface area contributed by atoms with Gasteiger partial charge in [0.2, 0.25) is 0 Å². The maximum absolute atomic E-state index is 2.30. The lowest BCUT2D eigenvalue weighted by Crippen LogP contribution is -1.84. The van der Waals surface area contributed by atoms with Gasteiger partial charge in [0.05, 0.1) is 0 Å². The molecule has 0 N–H and O–H groups in total. The van der Waals surface area contributed by atoms with Gasteiger partial charge < -0.3 is 0 Å². The Kier molecular flexibility index (Phi) is 5.50. The van der Waals surface area contributed by atoms with Crippen molar-refractivity contribution in [1.82, 2.24) is 0 Å². The average molecular weight is 182 g/mol. The SMILES string of the molecule is CCCCCC[C@@H]1C[C@@H]1CCCC. The van der Waals surface area contributed by atoms with Gasteiger partial charge in [-0.1, -0.05) is 65.2 Å². The van der Waals surface area contributed by atoms with Crippen LogP contribution in [0.15, 0.2) is 0 Å². The van der Waals surface area contributed by atoms with Crippen LogP contribution in [0.25, 0.3) is 0 Å². The first kappa shape index (κ1) is 11.1. The lowest BCUT2D eigenvalue weighted by Gasteiger charge is -1.99.